The van der Waals surface area contributed by atoms with E-state index >= 15 is 0 Å². The maximum atomic E-state index is 11.0. The summed E-state index contributed by atoms with van der Waals surface area (Å²) < 4.78 is 0. The largest absolute Gasteiger partial charge is 0.481 e. The summed E-state index contributed by atoms with van der Waals surface area (Å²) in [5.74, 6) is -0.884. The van der Waals surface area contributed by atoms with Crippen molar-refractivity contribution < 1.29 is 14.7 Å². The lowest BCUT2D eigenvalue weighted by Crippen LogP contribution is -2.49. The second-order valence-electron chi connectivity index (χ2n) is 9.78. The molecule has 188 valence electrons. The molecule has 1 heterocycles. The molecular formula is C30H33ClN2O3. The van der Waals surface area contributed by atoms with Crippen molar-refractivity contribution in [2.45, 2.75) is 46.3 Å². The molecule has 1 aliphatic heterocycles. The van der Waals surface area contributed by atoms with Gasteiger partial charge in [0.2, 0.25) is 0 Å². The minimum Gasteiger partial charge on any atom is -0.481 e. The quantitative estimate of drug-likeness (QED) is 0.256. The van der Waals surface area contributed by atoms with E-state index < -0.39 is 5.97 Å². The summed E-state index contributed by atoms with van der Waals surface area (Å²) in [4.78, 5) is 18.9. The number of carboxylic acid groups (broad SMARTS) is 1. The Labute approximate surface area is 218 Å². The molecule has 0 aliphatic carbocycles. The van der Waals surface area contributed by atoms with E-state index in [0.29, 0.717) is 24.7 Å². The van der Waals surface area contributed by atoms with Crippen molar-refractivity contribution in [2.75, 3.05) is 13.1 Å². The number of oxime groups is 1. The number of rotatable bonds is 10. The molecule has 0 bridgehead atoms. The molecule has 36 heavy (non-hydrogen) atoms. The van der Waals surface area contributed by atoms with E-state index in [1.807, 2.05) is 37.3 Å². The molecule has 6 heteroatoms. The molecule has 1 atom stereocenters. The summed E-state index contributed by atoms with van der Waals surface area (Å²) in [5, 5.41) is 14.2. The highest BCUT2D eigenvalue weighted by atomic mass is 35.5. The van der Waals surface area contributed by atoms with Crippen LogP contribution in [0.5, 0.6) is 0 Å². The second kappa shape index (κ2) is 11.7. The Balaban J connectivity index is 1.38. The molecular weight excluding hydrogens is 472 g/mol. The Hall–Kier alpha value is -3.15. The van der Waals surface area contributed by atoms with Gasteiger partial charge in [0.15, 0.2) is 0 Å². The third kappa shape index (κ3) is 6.74. The maximum absolute atomic E-state index is 11.0. The molecule has 0 radical (unpaired) electrons. The van der Waals surface area contributed by atoms with E-state index in [0.717, 1.165) is 35.4 Å². The Morgan fingerprint density at radius 3 is 2.39 bits per heavy atom. The van der Waals surface area contributed by atoms with Crippen LogP contribution in [0.2, 0.25) is 5.02 Å². The molecule has 4 rings (SSSR count). The highest BCUT2D eigenvalue weighted by Crippen LogP contribution is 2.26. The first-order valence-corrected chi connectivity index (χ1v) is 12.7. The van der Waals surface area contributed by atoms with E-state index in [4.69, 9.17) is 21.5 Å². The van der Waals surface area contributed by atoms with Crippen LogP contribution in [-0.2, 0) is 29.2 Å². The molecule has 1 saturated heterocycles. The summed E-state index contributed by atoms with van der Waals surface area (Å²) in [5.41, 5.74) is 8.04. The smallest absolute Gasteiger partial charge is 0.309 e. The van der Waals surface area contributed by atoms with Crippen molar-refractivity contribution >= 4 is 23.3 Å². The van der Waals surface area contributed by atoms with Crippen LogP contribution in [0.4, 0.5) is 0 Å². The normalized spacial score (nSPS) is 15.4. The monoisotopic (exact) mass is 504 g/mol. The maximum Gasteiger partial charge on any atom is 0.309 e. The number of likely N-dealkylation sites (tertiary alicyclic amines) is 1. The number of nitrogens with zero attached hydrogens (tertiary/aromatic N) is 2. The minimum absolute atomic E-state index is 0.0549. The molecule has 1 unspecified atom stereocenters. The number of carboxylic acids is 1. The van der Waals surface area contributed by atoms with Crippen LogP contribution in [-0.4, -0.2) is 34.8 Å². The van der Waals surface area contributed by atoms with Crippen LogP contribution in [0.15, 0.2) is 71.9 Å². The summed E-state index contributed by atoms with van der Waals surface area (Å²) in [6.45, 7) is 8.65. The molecule has 0 aromatic heterocycles. The molecule has 0 saturated carbocycles. The first kappa shape index (κ1) is 25.9. The Kier molecular flexibility index (Phi) is 8.44. The number of halogens is 1. The fraction of sp³-hybridized carbons (Fsp3) is 0.333. The van der Waals surface area contributed by atoms with Gasteiger partial charge in [0.05, 0.1) is 11.6 Å². The summed E-state index contributed by atoms with van der Waals surface area (Å²) in [6, 6.07) is 22.8. The van der Waals surface area contributed by atoms with Crippen LogP contribution < -0.4 is 0 Å². The third-order valence-corrected chi connectivity index (χ3v) is 7.18. The van der Waals surface area contributed by atoms with Crippen molar-refractivity contribution in [1.29, 1.82) is 0 Å². The Morgan fingerprint density at radius 1 is 1.03 bits per heavy atom. The van der Waals surface area contributed by atoms with Crippen molar-refractivity contribution in [3.63, 3.8) is 0 Å². The summed E-state index contributed by atoms with van der Waals surface area (Å²) >= 11 is 6.30. The number of hydrogen-bond acceptors (Lipinski definition) is 4. The molecule has 1 fully saturated rings. The zero-order valence-corrected chi connectivity index (χ0v) is 21.8. The van der Waals surface area contributed by atoms with Gasteiger partial charge < -0.3 is 9.94 Å². The standard InChI is InChI=1S/C30H33ClN2O3/c1-20-7-8-25(13-21(20)2)14-29(26-5-4-6-28(31)15-26)22(3)32-36-19-24-11-9-23(10-12-24)16-33-17-27(18-33)30(34)35/h4-13,15,27,29H,14,16-19H2,1-3H3,(H,34,35)/b32-22+. The van der Waals surface area contributed by atoms with Crippen molar-refractivity contribution in [3.05, 3.63) is 105 Å². The van der Waals surface area contributed by atoms with E-state index in [1.54, 1.807) is 0 Å². The molecule has 0 amide bonds. The lowest BCUT2D eigenvalue weighted by atomic mass is 9.88. The van der Waals surface area contributed by atoms with Crippen molar-refractivity contribution in [2.24, 2.45) is 11.1 Å². The van der Waals surface area contributed by atoms with Crippen LogP contribution in [0.3, 0.4) is 0 Å². The van der Waals surface area contributed by atoms with Crippen LogP contribution >= 0.6 is 11.6 Å². The van der Waals surface area contributed by atoms with Gasteiger partial charge in [-0.3, -0.25) is 9.69 Å². The molecule has 0 spiro atoms. The number of carbonyl (C=O) groups is 1. The zero-order chi connectivity index (χ0) is 25.7. The molecule has 3 aromatic carbocycles. The predicted molar refractivity (Wildman–Crippen MR) is 145 cm³/mol. The first-order chi connectivity index (χ1) is 17.3. The van der Waals surface area contributed by atoms with Crippen molar-refractivity contribution in [1.82, 2.24) is 4.90 Å². The first-order valence-electron chi connectivity index (χ1n) is 12.3. The lowest BCUT2D eigenvalue weighted by Gasteiger charge is -2.36. The summed E-state index contributed by atoms with van der Waals surface area (Å²) in [7, 11) is 0. The fourth-order valence-corrected chi connectivity index (χ4v) is 4.72. The topological polar surface area (TPSA) is 62.1 Å². The zero-order valence-electron chi connectivity index (χ0n) is 21.1. The predicted octanol–water partition coefficient (Wildman–Crippen LogP) is 6.39. The number of benzene rings is 3. The Morgan fingerprint density at radius 2 is 1.72 bits per heavy atom. The number of hydrogen-bond donors (Lipinski definition) is 1. The minimum atomic E-state index is -0.707. The van der Waals surface area contributed by atoms with Gasteiger partial charge in [0, 0.05) is 30.6 Å². The van der Waals surface area contributed by atoms with E-state index in [2.05, 4.69) is 60.3 Å². The van der Waals surface area contributed by atoms with Gasteiger partial charge in [-0.15, -0.1) is 0 Å². The molecule has 1 N–H and O–H groups in total. The molecule has 5 nitrogen and oxygen atoms in total. The van der Waals surface area contributed by atoms with Gasteiger partial charge in [-0.1, -0.05) is 71.4 Å². The van der Waals surface area contributed by atoms with Gasteiger partial charge in [-0.25, -0.2) is 0 Å². The van der Waals surface area contributed by atoms with E-state index in [9.17, 15) is 4.79 Å². The SMILES string of the molecule is C/C(=N\OCc1ccc(CN2CC(C(=O)O)C2)cc1)C(Cc1ccc(C)c(C)c1)c1cccc(Cl)c1. The highest BCUT2D eigenvalue weighted by Gasteiger charge is 2.32. The summed E-state index contributed by atoms with van der Waals surface area (Å²) in [6.07, 6.45) is 0.814. The van der Waals surface area contributed by atoms with Crippen LogP contribution in [0.25, 0.3) is 0 Å². The van der Waals surface area contributed by atoms with Crippen molar-refractivity contribution in [3.8, 4) is 0 Å². The molecule has 1 aliphatic rings. The van der Waals surface area contributed by atoms with Crippen LogP contribution in [0.1, 0.15) is 46.2 Å². The number of aliphatic carboxylic acids is 1. The Bertz CT molecular complexity index is 1230. The average molecular weight is 505 g/mol. The lowest BCUT2D eigenvalue weighted by molar-refractivity contribution is -0.147. The molecule has 3 aromatic rings. The van der Waals surface area contributed by atoms with Gasteiger partial charge in [0.25, 0.3) is 0 Å². The van der Waals surface area contributed by atoms with Gasteiger partial charge >= 0.3 is 5.97 Å². The number of aryl methyl sites for hydroxylation is 2. The van der Waals surface area contributed by atoms with Gasteiger partial charge in [0.1, 0.15) is 6.61 Å². The van der Waals surface area contributed by atoms with Gasteiger partial charge in [-0.05, 0) is 72.7 Å². The third-order valence-electron chi connectivity index (χ3n) is 6.94. The van der Waals surface area contributed by atoms with E-state index in [-0.39, 0.29) is 11.8 Å². The van der Waals surface area contributed by atoms with E-state index in [1.165, 1.54) is 16.7 Å². The van der Waals surface area contributed by atoms with Crippen LogP contribution in [0, 0.1) is 19.8 Å². The fourth-order valence-electron chi connectivity index (χ4n) is 4.52. The second-order valence-corrected chi connectivity index (χ2v) is 10.2. The van der Waals surface area contributed by atoms with Gasteiger partial charge in [-0.2, -0.15) is 0 Å². The highest BCUT2D eigenvalue weighted by molar-refractivity contribution is 6.30. The average Bonchev–Trinajstić information content (AvgIpc) is 2.82.